The van der Waals surface area contributed by atoms with Gasteiger partial charge in [-0.15, -0.1) is 6.58 Å². The van der Waals surface area contributed by atoms with Gasteiger partial charge in [-0.05, 0) is 39.4 Å². The molecule has 0 unspecified atom stereocenters. The Labute approximate surface area is 71.1 Å². The van der Waals surface area contributed by atoms with Crippen molar-refractivity contribution >= 4 is 0 Å². The van der Waals surface area contributed by atoms with E-state index in [4.69, 9.17) is 0 Å². The van der Waals surface area contributed by atoms with Crippen LogP contribution in [-0.2, 0) is 0 Å². The Morgan fingerprint density at radius 1 is 1.27 bits per heavy atom. The summed E-state index contributed by atoms with van der Waals surface area (Å²) in [5.74, 6) is 0. The van der Waals surface area contributed by atoms with Crippen LogP contribution in [0.4, 0.5) is 0 Å². The zero-order chi connectivity index (χ0) is 8.53. The lowest BCUT2D eigenvalue weighted by atomic mass is 10.2. The van der Waals surface area contributed by atoms with Crippen molar-refractivity contribution in [1.82, 2.24) is 4.90 Å². The summed E-state index contributed by atoms with van der Waals surface area (Å²) in [5, 5.41) is 0. The Bertz CT molecular complexity index is 88.9. The molecule has 0 heterocycles. The average molecular weight is 155 g/mol. The molecule has 0 fully saturated rings. The van der Waals surface area contributed by atoms with E-state index in [0.29, 0.717) is 0 Å². The van der Waals surface area contributed by atoms with Crippen LogP contribution in [0.25, 0.3) is 0 Å². The highest BCUT2D eigenvalue weighted by molar-refractivity contribution is 4.66. The van der Waals surface area contributed by atoms with Crippen LogP contribution in [-0.4, -0.2) is 25.0 Å². The van der Waals surface area contributed by atoms with Gasteiger partial charge < -0.3 is 4.90 Å². The van der Waals surface area contributed by atoms with Crippen LogP contribution in [0.5, 0.6) is 0 Å². The highest BCUT2D eigenvalue weighted by Gasteiger charge is 1.94. The highest BCUT2D eigenvalue weighted by Crippen LogP contribution is 1.95. The fourth-order valence-electron chi connectivity index (χ4n) is 1.05. The minimum atomic E-state index is 1.15. The lowest BCUT2D eigenvalue weighted by molar-refractivity contribution is 0.324. The van der Waals surface area contributed by atoms with Crippen molar-refractivity contribution in [1.29, 1.82) is 0 Å². The predicted octanol–water partition coefficient (Wildman–Crippen LogP) is 2.68. The lowest BCUT2D eigenvalue weighted by Crippen LogP contribution is -2.20. The molecule has 1 heteroatoms. The Balaban J connectivity index is 3.08. The Kier molecular flexibility index (Phi) is 7.59. The van der Waals surface area contributed by atoms with Gasteiger partial charge in [-0.2, -0.15) is 0 Å². The third kappa shape index (κ3) is 7.60. The number of allylic oxidation sites excluding steroid dienone is 1. The third-order valence-electron chi connectivity index (χ3n) is 1.84. The summed E-state index contributed by atoms with van der Waals surface area (Å²) in [6.07, 6.45) is 7.02. The van der Waals surface area contributed by atoms with E-state index in [1.165, 1.54) is 32.4 Å². The molecule has 66 valence electrons. The maximum absolute atomic E-state index is 3.70. The van der Waals surface area contributed by atoms with E-state index in [0.717, 1.165) is 6.42 Å². The molecule has 0 aromatic heterocycles. The number of hydrogen-bond acceptors (Lipinski definition) is 1. The van der Waals surface area contributed by atoms with Crippen LogP contribution in [0.15, 0.2) is 12.7 Å². The molecular formula is C10H21N. The summed E-state index contributed by atoms with van der Waals surface area (Å²) in [4.78, 5) is 2.40. The summed E-state index contributed by atoms with van der Waals surface area (Å²) in [6.45, 7) is 8.39. The van der Waals surface area contributed by atoms with E-state index in [2.05, 4.69) is 25.5 Å². The molecule has 0 aliphatic rings. The van der Waals surface area contributed by atoms with Crippen LogP contribution in [0.2, 0.25) is 0 Å². The molecule has 0 aromatic carbocycles. The van der Waals surface area contributed by atoms with Gasteiger partial charge in [-0.3, -0.25) is 0 Å². The maximum atomic E-state index is 3.70. The zero-order valence-corrected chi connectivity index (χ0v) is 7.97. The largest absolute Gasteiger partial charge is 0.306 e. The van der Waals surface area contributed by atoms with Gasteiger partial charge in [0, 0.05) is 0 Å². The summed E-state index contributed by atoms with van der Waals surface area (Å²) in [7, 11) is 2.19. The number of hydrogen-bond donors (Lipinski definition) is 0. The van der Waals surface area contributed by atoms with E-state index < -0.39 is 0 Å². The molecule has 0 aliphatic carbocycles. The quantitative estimate of drug-likeness (QED) is 0.403. The van der Waals surface area contributed by atoms with E-state index in [1.54, 1.807) is 0 Å². The summed E-state index contributed by atoms with van der Waals surface area (Å²) in [5.41, 5.74) is 0. The second-order valence-electron chi connectivity index (χ2n) is 3.09. The van der Waals surface area contributed by atoms with Gasteiger partial charge in [-0.25, -0.2) is 0 Å². The number of unbranched alkanes of at least 4 members (excludes halogenated alkanes) is 2. The number of nitrogens with zero attached hydrogens (tertiary/aromatic N) is 1. The standard InChI is InChI=1S/C10H21N/c1-4-6-8-10-11(3)9-7-5-2/h4H,1,5-10H2,2-3H3. The van der Waals surface area contributed by atoms with Gasteiger partial charge in [0.15, 0.2) is 0 Å². The molecule has 11 heavy (non-hydrogen) atoms. The molecule has 0 spiro atoms. The second-order valence-corrected chi connectivity index (χ2v) is 3.09. The minimum Gasteiger partial charge on any atom is -0.306 e. The van der Waals surface area contributed by atoms with Gasteiger partial charge in [0.25, 0.3) is 0 Å². The second kappa shape index (κ2) is 7.80. The van der Waals surface area contributed by atoms with Crippen molar-refractivity contribution in [3.8, 4) is 0 Å². The molecule has 0 rings (SSSR count). The van der Waals surface area contributed by atoms with Crippen molar-refractivity contribution < 1.29 is 0 Å². The first-order chi connectivity index (χ1) is 5.31. The van der Waals surface area contributed by atoms with Crippen LogP contribution in [0.3, 0.4) is 0 Å². The lowest BCUT2D eigenvalue weighted by Gasteiger charge is -2.14. The van der Waals surface area contributed by atoms with Gasteiger partial charge in [0.2, 0.25) is 0 Å². The molecule has 1 nitrogen and oxygen atoms in total. The first kappa shape index (κ1) is 10.7. The highest BCUT2D eigenvalue weighted by atomic mass is 15.1. The summed E-state index contributed by atoms with van der Waals surface area (Å²) >= 11 is 0. The van der Waals surface area contributed by atoms with Crippen molar-refractivity contribution in [2.24, 2.45) is 0 Å². The molecule has 0 atom stereocenters. The maximum Gasteiger partial charge on any atom is -0.00188 e. The van der Waals surface area contributed by atoms with Crippen molar-refractivity contribution in [2.45, 2.75) is 32.6 Å². The van der Waals surface area contributed by atoms with E-state index in [-0.39, 0.29) is 0 Å². The molecule has 0 aliphatic heterocycles. The fourth-order valence-corrected chi connectivity index (χ4v) is 1.05. The molecule has 0 radical (unpaired) electrons. The van der Waals surface area contributed by atoms with Gasteiger partial charge in [0.1, 0.15) is 0 Å². The first-order valence-corrected chi connectivity index (χ1v) is 4.60. The monoisotopic (exact) mass is 155 g/mol. The van der Waals surface area contributed by atoms with Gasteiger partial charge in [0.05, 0.1) is 0 Å². The van der Waals surface area contributed by atoms with Crippen LogP contribution in [0.1, 0.15) is 32.6 Å². The topological polar surface area (TPSA) is 3.24 Å². The van der Waals surface area contributed by atoms with Crippen LogP contribution >= 0.6 is 0 Å². The van der Waals surface area contributed by atoms with E-state index >= 15 is 0 Å². The van der Waals surface area contributed by atoms with Gasteiger partial charge in [-0.1, -0.05) is 19.4 Å². The molecule has 0 saturated carbocycles. The molecule has 0 N–H and O–H groups in total. The third-order valence-corrected chi connectivity index (χ3v) is 1.84. The van der Waals surface area contributed by atoms with Crippen LogP contribution < -0.4 is 0 Å². The van der Waals surface area contributed by atoms with Crippen molar-refractivity contribution in [3.05, 3.63) is 12.7 Å². The van der Waals surface area contributed by atoms with E-state index in [1.807, 2.05) is 6.08 Å². The van der Waals surface area contributed by atoms with Crippen molar-refractivity contribution in [3.63, 3.8) is 0 Å². The Hall–Kier alpha value is -0.300. The fraction of sp³-hybridized carbons (Fsp3) is 0.800. The minimum absolute atomic E-state index is 1.15. The predicted molar refractivity (Wildman–Crippen MR) is 51.8 cm³/mol. The molecular weight excluding hydrogens is 134 g/mol. The molecule has 0 bridgehead atoms. The summed E-state index contributed by atoms with van der Waals surface area (Å²) < 4.78 is 0. The van der Waals surface area contributed by atoms with E-state index in [9.17, 15) is 0 Å². The van der Waals surface area contributed by atoms with Crippen molar-refractivity contribution in [2.75, 3.05) is 20.1 Å². The van der Waals surface area contributed by atoms with Crippen LogP contribution in [0, 0.1) is 0 Å². The summed E-state index contributed by atoms with van der Waals surface area (Å²) in [6, 6.07) is 0. The normalized spacial score (nSPS) is 10.5. The molecule has 0 amide bonds. The molecule has 0 saturated heterocycles. The Morgan fingerprint density at radius 3 is 2.45 bits per heavy atom. The zero-order valence-electron chi connectivity index (χ0n) is 7.97. The number of rotatable bonds is 7. The Morgan fingerprint density at radius 2 is 1.91 bits per heavy atom. The van der Waals surface area contributed by atoms with Gasteiger partial charge >= 0.3 is 0 Å². The first-order valence-electron chi connectivity index (χ1n) is 4.60. The SMILES string of the molecule is C=CCCCN(C)CCCC. The molecule has 0 aromatic rings. The smallest absolute Gasteiger partial charge is 0.00188 e. The average Bonchev–Trinajstić information content (AvgIpc) is 2.01.